The van der Waals surface area contributed by atoms with Gasteiger partial charge in [-0.3, -0.25) is 0 Å². The Labute approximate surface area is 141 Å². The highest BCUT2D eigenvalue weighted by Crippen LogP contribution is 2.68. The molecule has 2 atom stereocenters. The van der Waals surface area contributed by atoms with E-state index in [-0.39, 0.29) is 0 Å². The standard InChI is InChI=1S/C10H8S8/c1-2-12-5(11-1)8-17-9-10(18-8)16-7-6(15-9)13-3-4-14-7/h1-2,6-7H,3-4H2/t6-,7+. The van der Waals surface area contributed by atoms with E-state index >= 15 is 0 Å². The molecule has 0 spiro atoms. The summed E-state index contributed by atoms with van der Waals surface area (Å²) in [4.78, 5) is 0. The van der Waals surface area contributed by atoms with Crippen LogP contribution >= 0.6 is 94.1 Å². The molecule has 96 valence electrons. The van der Waals surface area contributed by atoms with Crippen molar-refractivity contribution in [3.05, 3.63) is 27.8 Å². The van der Waals surface area contributed by atoms with E-state index in [2.05, 4.69) is 57.9 Å². The number of rotatable bonds is 0. The van der Waals surface area contributed by atoms with Crippen molar-refractivity contribution in [3.8, 4) is 0 Å². The predicted octanol–water partition coefficient (Wildman–Crippen LogP) is 6.28. The molecule has 1 saturated heterocycles. The molecule has 0 saturated carbocycles. The molecule has 0 aliphatic carbocycles. The maximum Gasteiger partial charge on any atom is 0.0769 e. The van der Waals surface area contributed by atoms with Crippen LogP contribution in [0.4, 0.5) is 0 Å². The Morgan fingerprint density at radius 1 is 0.722 bits per heavy atom. The van der Waals surface area contributed by atoms with Crippen LogP contribution in [0.25, 0.3) is 0 Å². The highest BCUT2D eigenvalue weighted by Gasteiger charge is 2.39. The zero-order chi connectivity index (χ0) is 11.9. The van der Waals surface area contributed by atoms with Crippen LogP contribution in [0.15, 0.2) is 27.8 Å². The maximum absolute atomic E-state index is 2.19. The molecular formula is C10H8S8. The SMILES string of the molecule is C1=CSC(=C2SC3=C(S2)S[C@@H]2SCCS[C@@H]2S3)S1. The minimum absolute atomic E-state index is 0.770. The summed E-state index contributed by atoms with van der Waals surface area (Å²) in [5.41, 5.74) is 0. The number of thioether (sulfide) groups is 8. The zero-order valence-corrected chi connectivity index (χ0v) is 15.5. The Bertz CT molecular complexity index is 426. The van der Waals surface area contributed by atoms with E-state index in [1.807, 2.05) is 47.0 Å². The van der Waals surface area contributed by atoms with Crippen molar-refractivity contribution >= 4 is 94.1 Å². The van der Waals surface area contributed by atoms with Crippen LogP contribution in [-0.2, 0) is 0 Å². The van der Waals surface area contributed by atoms with Crippen LogP contribution in [0, 0.1) is 0 Å². The summed E-state index contributed by atoms with van der Waals surface area (Å²) in [6.45, 7) is 0. The summed E-state index contributed by atoms with van der Waals surface area (Å²) >= 11 is 16.3. The first-order chi connectivity index (χ1) is 8.90. The van der Waals surface area contributed by atoms with Gasteiger partial charge < -0.3 is 0 Å². The maximum atomic E-state index is 2.19. The lowest BCUT2D eigenvalue weighted by Gasteiger charge is -2.32. The summed E-state index contributed by atoms with van der Waals surface area (Å²) in [7, 11) is 0. The fraction of sp³-hybridized carbons (Fsp3) is 0.400. The van der Waals surface area contributed by atoms with Gasteiger partial charge in [-0.15, -0.1) is 47.0 Å². The van der Waals surface area contributed by atoms with Gasteiger partial charge >= 0.3 is 0 Å². The van der Waals surface area contributed by atoms with Crippen molar-refractivity contribution in [2.75, 3.05) is 11.5 Å². The van der Waals surface area contributed by atoms with Crippen LogP contribution in [0.1, 0.15) is 0 Å². The van der Waals surface area contributed by atoms with Crippen LogP contribution in [-0.4, -0.2) is 20.7 Å². The monoisotopic (exact) mass is 384 g/mol. The summed E-state index contributed by atoms with van der Waals surface area (Å²) < 4.78 is 7.66. The van der Waals surface area contributed by atoms with Gasteiger partial charge in [-0.2, -0.15) is 0 Å². The lowest BCUT2D eigenvalue weighted by molar-refractivity contribution is 1.30. The molecule has 0 nitrogen and oxygen atoms in total. The van der Waals surface area contributed by atoms with E-state index in [9.17, 15) is 0 Å². The second-order valence-corrected chi connectivity index (χ2v) is 13.9. The lowest BCUT2D eigenvalue weighted by atomic mass is 10.9. The Morgan fingerprint density at radius 2 is 1.28 bits per heavy atom. The number of hydrogen-bond acceptors (Lipinski definition) is 8. The van der Waals surface area contributed by atoms with Crippen molar-refractivity contribution < 1.29 is 0 Å². The van der Waals surface area contributed by atoms with Crippen molar-refractivity contribution in [1.29, 1.82) is 0 Å². The fourth-order valence-corrected chi connectivity index (χ4v) is 14.5. The van der Waals surface area contributed by atoms with Gasteiger partial charge in [0.05, 0.1) is 26.1 Å². The van der Waals surface area contributed by atoms with Gasteiger partial charge in [-0.1, -0.05) is 47.0 Å². The molecule has 0 unspecified atom stereocenters. The average Bonchev–Trinajstić information content (AvgIpc) is 3.04. The van der Waals surface area contributed by atoms with Gasteiger partial charge in [-0.05, 0) is 10.8 Å². The van der Waals surface area contributed by atoms with E-state index in [0.717, 1.165) is 9.16 Å². The molecule has 8 heteroatoms. The minimum Gasteiger partial charge on any atom is -0.144 e. The highest BCUT2D eigenvalue weighted by atomic mass is 32.3. The lowest BCUT2D eigenvalue weighted by Crippen LogP contribution is -2.21. The van der Waals surface area contributed by atoms with Crippen molar-refractivity contribution in [1.82, 2.24) is 0 Å². The molecule has 0 bridgehead atoms. The van der Waals surface area contributed by atoms with E-state index in [1.54, 1.807) is 8.47 Å². The average molecular weight is 385 g/mol. The molecule has 0 N–H and O–H groups in total. The zero-order valence-electron chi connectivity index (χ0n) is 8.99. The molecule has 0 aromatic heterocycles. The van der Waals surface area contributed by atoms with Crippen LogP contribution in [0.5, 0.6) is 0 Å². The summed E-state index contributed by atoms with van der Waals surface area (Å²) in [6.07, 6.45) is 0. The second kappa shape index (κ2) is 6.02. The van der Waals surface area contributed by atoms with E-state index in [4.69, 9.17) is 0 Å². The van der Waals surface area contributed by atoms with Gasteiger partial charge in [-0.25, -0.2) is 0 Å². The molecule has 0 aromatic rings. The first kappa shape index (κ1) is 13.7. The summed E-state index contributed by atoms with van der Waals surface area (Å²) in [5, 5.41) is 4.38. The van der Waals surface area contributed by atoms with Gasteiger partial charge in [0.1, 0.15) is 0 Å². The molecule has 18 heavy (non-hydrogen) atoms. The van der Waals surface area contributed by atoms with Crippen molar-refractivity contribution in [2.24, 2.45) is 0 Å². The van der Waals surface area contributed by atoms with Crippen LogP contribution in [0.2, 0.25) is 0 Å². The third kappa shape index (κ3) is 2.69. The molecule has 0 radical (unpaired) electrons. The topological polar surface area (TPSA) is 0 Å². The minimum atomic E-state index is 0.770. The molecular weight excluding hydrogens is 377 g/mol. The van der Waals surface area contributed by atoms with Gasteiger partial charge in [0, 0.05) is 11.5 Å². The van der Waals surface area contributed by atoms with E-state index < -0.39 is 0 Å². The Kier molecular flexibility index (Phi) is 4.57. The smallest absolute Gasteiger partial charge is 0.0769 e. The quantitative estimate of drug-likeness (QED) is 0.472. The molecule has 4 aliphatic heterocycles. The largest absolute Gasteiger partial charge is 0.144 e. The van der Waals surface area contributed by atoms with Crippen LogP contribution < -0.4 is 0 Å². The molecule has 1 fully saturated rings. The first-order valence-corrected chi connectivity index (χ1v) is 12.5. The number of hydrogen-bond donors (Lipinski definition) is 0. The molecule has 0 amide bonds. The highest BCUT2D eigenvalue weighted by molar-refractivity contribution is 8.45. The molecule has 4 aliphatic rings. The third-order valence-corrected chi connectivity index (χ3v) is 15.0. The number of fused-ring (bicyclic) bond motifs is 1. The normalized spacial score (nSPS) is 35.1. The summed E-state index contributed by atoms with van der Waals surface area (Å²) in [5.74, 6) is 2.65. The molecule has 4 rings (SSSR count). The van der Waals surface area contributed by atoms with Crippen molar-refractivity contribution in [2.45, 2.75) is 9.16 Å². The van der Waals surface area contributed by atoms with E-state index in [1.165, 1.54) is 20.0 Å². The summed E-state index contributed by atoms with van der Waals surface area (Å²) in [6, 6.07) is 0. The van der Waals surface area contributed by atoms with Gasteiger partial charge in [0.2, 0.25) is 0 Å². The predicted molar refractivity (Wildman–Crippen MR) is 101 cm³/mol. The van der Waals surface area contributed by atoms with Gasteiger partial charge in [0.15, 0.2) is 0 Å². The Morgan fingerprint density at radius 3 is 1.83 bits per heavy atom. The molecule has 4 heterocycles. The van der Waals surface area contributed by atoms with Crippen molar-refractivity contribution in [3.63, 3.8) is 0 Å². The van der Waals surface area contributed by atoms with E-state index in [0.29, 0.717) is 0 Å². The van der Waals surface area contributed by atoms with Gasteiger partial charge in [0.25, 0.3) is 0 Å². The van der Waals surface area contributed by atoms with Crippen LogP contribution in [0.3, 0.4) is 0 Å². The Hall–Kier alpha value is 2.02. The first-order valence-electron chi connectivity index (χ1n) is 5.29. The Balaban J connectivity index is 1.54. The third-order valence-electron chi connectivity index (χ3n) is 2.43. The molecule has 0 aromatic carbocycles. The second-order valence-electron chi connectivity index (χ2n) is 3.58. The fourth-order valence-electron chi connectivity index (χ4n) is 1.68.